The van der Waals surface area contributed by atoms with Crippen molar-refractivity contribution in [3.8, 4) is 0 Å². The third kappa shape index (κ3) is 4.01. The number of rotatable bonds is 3. The van der Waals surface area contributed by atoms with Crippen molar-refractivity contribution in [3.05, 3.63) is 64.2 Å². The van der Waals surface area contributed by atoms with Crippen LogP contribution in [0.15, 0.2) is 36.4 Å². The van der Waals surface area contributed by atoms with E-state index in [1.807, 2.05) is 17.0 Å². The Morgan fingerprint density at radius 3 is 2.15 bits per heavy atom. The van der Waals surface area contributed by atoms with Gasteiger partial charge in [0, 0.05) is 38.4 Å². The lowest BCUT2D eigenvalue weighted by Gasteiger charge is -2.37. The van der Waals surface area contributed by atoms with Crippen molar-refractivity contribution in [2.24, 2.45) is 0 Å². The minimum Gasteiger partial charge on any atom is -0.368 e. The molecule has 2 aromatic carbocycles. The fourth-order valence-electron chi connectivity index (χ4n) is 3.90. The van der Waals surface area contributed by atoms with Crippen molar-refractivity contribution in [1.29, 1.82) is 0 Å². The summed E-state index contributed by atoms with van der Waals surface area (Å²) in [4.78, 5) is 16.8. The standard InChI is InChI=1S/C22H29N3O/c1-16-13-18(3)21(19(4)14-16)24-9-11-25(12-10-24)22(26)23-15-20-8-6-5-7-17(20)2/h5-8,13-14H,9-12,15H2,1-4H3,(H,23,26). The zero-order chi connectivity index (χ0) is 18.7. The molecule has 138 valence electrons. The Labute approximate surface area is 156 Å². The second-order valence-electron chi connectivity index (χ2n) is 7.31. The molecule has 1 aliphatic rings. The van der Waals surface area contributed by atoms with Gasteiger partial charge < -0.3 is 15.1 Å². The first-order chi connectivity index (χ1) is 12.5. The molecule has 0 aromatic heterocycles. The van der Waals surface area contributed by atoms with E-state index in [0.29, 0.717) is 6.54 Å². The Hall–Kier alpha value is -2.49. The van der Waals surface area contributed by atoms with Gasteiger partial charge in [-0.15, -0.1) is 0 Å². The lowest BCUT2D eigenvalue weighted by molar-refractivity contribution is 0.194. The number of carbonyl (C=O) groups excluding carboxylic acids is 1. The molecule has 0 unspecified atom stereocenters. The van der Waals surface area contributed by atoms with E-state index in [1.165, 1.54) is 33.5 Å². The van der Waals surface area contributed by atoms with Crippen LogP contribution in [0.2, 0.25) is 0 Å². The van der Waals surface area contributed by atoms with Crippen LogP contribution in [0.5, 0.6) is 0 Å². The van der Waals surface area contributed by atoms with E-state index in [0.717, 1.165) is 26.2 Å². The molecule has 1 N–H and O–H groups in total. The second kappa shape index (κ2) is 7.81. The van der Waals surface area contributed by atoms with Crippen LogP contribution in [0.4, 0.5) is 10.5 Å². The van der Waals surface area contributed by atoms with Crippen LogP contribution >= 0.6 is 0 Å². The number of piperazine rings is 1. The van der Waals surface area contributed by atoms with Gasteiger partial charge in [0.05, 0.1) is 0 Å². The van der Waals surface area contributed by atoms with Crippen LogP contribution in [0, 0.1) is 27.7 Å². The number of benzene rings is 2. The molecule has 1 heterocycles. The van der Waals surface area contributed by atoms with Gasteiger partial charge in [-0.25, -0.2) is 4.79 Å². The maximum Gasteiger partial charge on any atom is 0.317 e. The predicted molar refractivity (Wildman–Crippen MR) is 108 cm³/mol. The average molecular weight is 351 g/mol. The normalized spacial score (nSPS) is 14.5. The van der Waals surface area contributed by atoms with Crippen molar-refractivity contribution >= 4 is 11.7 Å². The number of anilines is 1. The Morgan fingerprint density at radius 1 is 0.923 bits per heavy atom. The highest BCUT2D eigenvalue weighted by molar-refractivity contribution is 5.74. The monoisotopic (exact) mass is 351 g/mol. The van der Waals surface area contributed by atoms with Gasteiger partial charge in [-0.2, -0.15) is 0 Å². The number of urea groups is 1. The van der Waals surface area contributed by atoms with Crippen LogP contribution in [0.1, 0.15) is 27.8 Å². The second-order valence-corrected chi connectivity index (χ2v) is 7.31. The van der Waals surface area contributed by atoms with E-state index in [9.17, 15) is 4.79 Å². The van der Waals surface area contributed by atoms with Gasteiger partial charge in [-0.05, 0) is 49.9 Å². The summed E-state index contributed by atoms with van der Waals surface area (Å²) in [6.07, 6.45) is 0. The smallest absolute Gasteiger partial charge is 0.317 e. The molecule has 4 heteroatoms. The number of nitrogens with zero attached hydrogens (tertiary/aromatic N) is 2. The zero-order valence-electron chi connectivity index (χ0n) is 16.3. The maximum absolute atomic E-state index is 12.5. The van der Waals surface area contributed by atoms with Gasteiger partial charge in [-0.1, -0.05) is 42.0 Å². The van der Waals surface area contributed by atoms with Crippen molar-refractivity contribution in [2.45, 2.75) is 34.2 Å². The number of carbonyl (C=O) groups is 1. The van der Waals surface area contributed by atoms with E-state index < -0.39 is 0 Å². The maximum atomic E-state index is 12.5. The number of aryl methyl sites for hydroxylation is 4. The van der Waals surface area contributed by atoms with E-state index in [-0.39, 0.29) is 6.03 Å². The average Bonchev–Trinajstić information content (AvgIpc) is 2.60. The fraction of sp³-hybridized carbons (Fsp3) is 0.409. The van der Waals surface area contributed by atoms with E-state index in [2.05, 4.69) is 62.2 Å². The van der Waals surface area contributed by atoms with E-state index in [1.54, 1.807) is 0 Å². The molecule has 3 rings (SSSR count). The van der Waals surface area contributed by atoms with Crippen molar-refractivity contribution in [1.82, 2.24) is 10.2 Å². The van der Waals surface area contributed by atoms with Gasteiger partial charge in [-0.3, -0.25) is 0 Å². The summed E-state index contributed by atoms with van der Waals surface area (Å²) in [5, 5.41) is 3.06. The summed E-state index contributed by atoms with van der Waals surface area (Å²) in [5.41, 5.74) is 7.65. The van der Waals surface area contributed by atoms with Crippen molar-refractivity contribution in [2.75, 3.05) is 31.1 Å². The zero-order valence-corrected chi connectivity index (χ0v) is 16.3. The van der Waals surface area contributed by atoms with Crippen LogP contribution < -0.4 is 10.2 Å². The molecule has 1 fully saturated rings. The highest BCUT2D eigenvalue weighted by Crippen LogP contribution is 2.27. The topological polar surface area (TPSA) is 35.6 Å². The van der Waals surface area contributed by atoms with Crippen molar-refractivity contribution < 1.29 is 4.79 Å². The highest BCUT2D eigenvalue weighted by atomic mass is 16.2. The van der Waals surface area contributed by atoms with Gasteiger partial charge >= 0.3 is 6.03 Å². The fourth-order valence-corrected chi connectivity index (χ4v) is 3.90. The molecule has 0 spiro atoms. The predicted octanol–water partition coefficient (Wildman–Crippen LogP) is 3.95. The molecule has 0 saturated carbocycles. The molecule has 2 aromatic rings. The van der Waals surface area contributed by atoms with Crippen LogP contribution in [-0.4, -0.2) is 37.1 Å². The molecule has 0 bridgehead atoms. The molecule has 1 aliphatic heterocycles. The number of hydrogen-bond acceptors (Lipinski definition) is 2. The molecular formula is C22H29N3O. The van der Waals surface area contributed by atoms with Crippen molar-refractivity contribution in [3.63, 3.8) is 0 Å². The molecular weight excluding hydrogens is 322 g/mol. The minimum absolute atomic E-state index is 0.0326. The first-order valence-corrected chi connectivity index (χ1v) is 9.36. The molecule has 4 nitrogen and oxygen atoms in total. The summed E-state index contributed by atoms with van der Waals surface area (Å²) >= 11 is 0. The number of amides is 2. The Bertz CT molecular complexity index is 769. The van der Waals surface area contributed by atoms with Gasteiger partial charge in [0.15, 0.2) is 0 Å². The first-order valence-electron chi connectivity index (χ1n) is 9.36. The van der Waals surface area contributed by atoms with E-state index in [4.69, 9.17) is 0 Å². The van der Waals surface area contributed by atoms with Gasteiger partial charge in [0.25, 0.3) is 0 Å². The SMILES string of the molecule is Cc1cc(C)c(N2CCN(C(=O)NCc3ccccc3C)CC2)c(C)c1. The molecule has 0 radical (unpaired) electrons. The lowest BCUT2D eigenvalue weighted by Crippen LogP contribution is -2.52. The third-order valence-electron chi connectivity index (χ3n) is 5.21. The molecule has 1 saturated heterocycles. The largest absolute Gasteiger partial charge is 0.368 e. The quantitative estimate of drug-likeness (QED) is 0.909. The Morgan fingerprint density at radius 2 is 1.54 bits per heavy atom. The van der Waals surface area contributed by atoms with Gasteiger partial charge in [0.2, 0.25) is 0 Å². The van der Waals surface area contributed by atoms with E-state index >= 15 is 0 Å². The summed E-state index contributed by atoms with van der Waals surface area (Å²) in [6.45, 7) is 12.4. The Balaban J connectivity index is 1.57. The third-order valence-corrected chi connectivity index (χ3v) is 5.21. The summed E-state index contributed by atoms with van der Waals surface area (Å²) in [7, 11) is 0. The summed E-state index contributed by atoms with van der Waals surface area (Å²) < 4.78 is 0. The summed E-state index contributed by atoms with van der Waals surface area (Å²) in [5.74, 6) is 0. The first kappa shape index (κ1) is 18.3. The van der Waals surface area contributed by atoms with Crippen LogP contribution in [0.3, 0.4) is 0 Å². The van der Waals surface area contributed by atoms with Gasteiger partial charge in [0.1, 0.15) is 0 Å². The number of hydrogen-bond donors (Lipinski definition) is 1. The lowest BCUT2D eigenvalue weighted by atomic mass is 10.0. The molecule has 26 heavy (non-hydrogen) atoms. The number of nitrogens with one attached hydrogen (secondary N) is 1. The Kier molecular flexibility index (Phi) is 5.50. The highest BCUT2D eigenvalue weighted by Gasteiger charge is 2.23. The molecule has 0 aliphatic carbocycles. The molecule has 2 amide bonds. The minimum atomic E-state index is 0.0326. The van der Waals surface area contributed by atoms with Crippen LogP contribution in [-0.2, 0) is 6.54 Å². The summed E-state index contributed by atoms with van der Waals surface area (Å²) in [6, 6.07) is 12.7. The van der Waals surface area contributed by atoms with Crippen LogP contribution in [0.25, 0.3) is 0 Å². The molecule has 0 atom stereocenters.